The highest BCUT2D eigenvalue weighted by Gasteiger charge is 2.34. The number of hydrogen-bond acceptors (Lipinski definition) is 1. The van der Waals surface area contributed by atoms with Crippen LogP contribution < -0.4 is 0 Å². The molecule has 0 saturated heterocycles. The van der Waals surface area contributed by atoms with Crippen LogP contribution in [0.2, 0.25) is 0 Å². The molecule has 1 nitrogen and oxygen atoms in total. The summed E-state index contributed by atoms with van der Waals surface area (Å²) in [4.78, 5) is 2.55. The first kappa shape index (κ1) is 11.0. The quantitative estimate of drug-likeness (QED) is 0.647. The molecule has 78 valence electrons. The zero-order valence-electron chi connectivity index (χ0n) is 9.88. The number of hydrogen-bond donors (Lipinski definition) is 0. The van der Waals surface area contributed by atoms with Crippen molar-refractivity contribution in [2.75, 3.05) is 7.05 Å². The third kappa shape index (κ3) is 2.70. The van der Waals surface area contributed by atoms with E-state index in [1.54, 1.807) is 0 Å². The van der Waals surface area contributed by atoms with Crippen molar-refractivity contribution in [3.05, 3.63) is 0 Å². The van der Waals surface area contributed by atoms with Crippen molar-refractivity contribution >= 4 is 0 Å². The second-order valence-electron chi connectivity index (χ2n) is 5.29. The predicted molar refractivity (Wildman–Crippen MR) is 58.9 cm³/mol. The summed E-state index contributed by atoms with van der Waals surface area (Å²) in [7, 11) is 2.28. The summed E-state index contributed by atoms with van der Waals surface area (Å²) in [5.41, 5.74) is 0. The van der Waals surface area contributed by atoms with Crippen molar-refractivity contribution in [3.63, 3.8) is 0 Å². The summed E-state index contributed by atoms with van der Waals surface area (Å²) in [6.45, 7) is 9.27. The standard InChI is InChI=1S/C12H25N/c1-9(2)8-11-6-7-12(11)13(5)10(3)4/h9-12H,6-8H2,1-5H3. The first-order chi connectivity index (χ1) is 6.02. The molecule has 0 radical (unpaired) electrons. The summed E-state index contributed by atoms with van der Waals surface area (Å²) in [6.07, 6.45) is 4.30. The molecule has 2 atom stereocenters. The van der Waals surface area contributed by atoms with Gasteiger partial charge in [-0.15, -0.1) is 0 Å². The molecule has 1 aliphatic rings. The normalized spacial score (nSPS) is 28.6. The van der Waals surface area contributed by atoms with Gasteiger partial charge in [0.2, 0.25) is 0 Å². The van der Waals surface area contributed by atoms with Crippen LogP contribution in [0.3, 0.4) is 0 Å². The molecule has 1 saturated carbocycles. The van der Waals surface area contributed by atoms with E-state index in [1.165, 1.54) is 19.3 Å². The monoisotopic (exact) mass is 183 g/mol. The van der Waals surface area contributed by atoms with Crippen LogP contribution in [0, 0.1) is 11.8 Å². The van der Waals surface area contributed by atoms with Crippen molar-refractivity contribution in [2.24, 2.45) is 11.8 Å². The maximum atomic E-state index is 2.55. The topological polar surface area (TPSA) is 3.24 Å². The van der Waals surface area contributed by atoms with Gasteiger partial charge >= 0.3 is 0 Å². The minimum absolute atomic E-state index is 0.708. The molecule has 0 aromatic carbocycles. The summed E-state index contributed by atoms with van der Waals surface area (Å²) in [5, 5.41) is 0. The molecule has 1 rings (SSSR count). The van der Waals surface area contributed by atoms with Crippen molar-refractivity contribution in [2.45, 2.75) is 59.0 Å². The minimum atomic E-state index is 0.708. The lowest BCUT2D eigenvalue weighted by Gasteiger charge is -2.45. The van der Waals surface area contributed by atoms with Crippen LogP contribution in [-0.2, 0) is 0 Å². The van der Waals surface area contributed by atoms with Crippen LogP contribution in [-0.4, -0.2) is 24.0 Å². The van der Waals surface area contributed by atoms with E-state index in [2.05, 4.69) is 39.6 Å². The van der Waals surface area contributed by atoms with E-state index in [4.69, 9.17) is 0 Å². The van der Waals surface area contributed by atoms with Crippen LogP contribution in [0.5, 0.6) is 0 Å². The van der Waals surface area contributed by atoms with E-state index in [9.17, 15) is 0 Å². The van der Waals surface area contributed by atoms with Crippen LogP contribution in [0.15, 0.2) is 0 Å². The maximum Gasteiger partial charge on any atom is 0.0123 e. The fraction of sp³-hybridized carbons (Fsp3) is 1.00. The molecule has 0 spiro atoms. The van der Waals surface area contributed by atoms with E-state index in [1.807, 2.05) is 0 Å². The highest BCUT2D eigenvalue weighted by atomic mass is 15.2. The summed E-state index contributed by atoms with van der Waals surface area (Å²) < 4.78 is 0. The van der Waals surface area contributed by atoms with E-state index in [0.717, 1.165) is 17.9 Å². The zero-order valence-corrected chi connectivity index (χ0v) is 9.88. The van der Waals surface area contributed by atoms with Gasteiger partial charge in [-0.1, -0.05) is 13.8 Å². The Morgan fingerprint density at radius 3 is 2.08 bits per heavy atom. The van der Waals surface area contributed by atoms with Gasteiger partial charge in [0.25, 0.3) is 0 Å². The molecule has 1 fully saturated rings. The zero-order chi connectivity index (χ0) is 10.0. The molecule has 0 N–H and O–H groups in total. The molecule has 1 heteroatoms. The van der Waals surface area contributed by atoms with E-state index in [0.29, 0.717) is 6.04 Å². The third-order valence-electron chi connectivity index (χ3n) is 3.49. The lowest BCUT2D eigenvalue weighted by atomic mass is 9.74. The second kappa shape index (κ2) is 4.45. The lowest BCUT2D eigenvalue weighted by Crippen LogP contribution is -2.48. The van der Waals surface area contributed by atoms with Gasteiger partial charge in [0.15, 0.2) is 0 Å². The van der Waals surface area contributed by atoms with Crippen LogP contribution in [0.25, 0.3) is 0 Å². The van der Waals surface area contributed by atoms with Crippen molar-refractivity contribution in [3.8, 4) is 0 Å². The fourth-order valence-corrected chi connectivity index (χ4v) is 2.35. The number of rotatable bonds is 4. The Kier molecular flexibility index (Phi) is 3.78. The summed E-state index contributed by atoms with van der Waals surface area (Å²) in [5.74, 6) is 1.85. The Bertz CT molecular complexity index is 151. The molecule has 0 bridgehead atoms. The van der Waals surface area contributed by atoms with Gasteiger partial charge in [0.05, 0.1) is 0 Å². The van der Waals surface area contributed by atoms with Crippen molar-refractivity contribution in [1.29, 1.82) is 0 Å². The van der Waals surface area contributed by atoms with Crippen molar-refractivity contribution in [1.82, 2.24) is 4.90 Å². The molecule has 0 amide bonds. The van der Waals surface area contributed by atoms with Gasteiger partial charge in [0.1, 0.15) is 0 Å². The van der Waals surface area contributed by atoms with E-state index in [-0.39, 0.29) is 0 Å². The Labute approximate surface area is 83.5 Å². The first-order valence-corrected chi connectivity index (χ1v) is 5.74. The lowest BCUT2D eigenvalue weighted by molar-refractivity contribution is 0.0491. The maximum absolute atomic E-state index is 2.55. The Hall–Kier alpha value is -0.0400. The Morgan fingerprint density at radius 1 is 1.15 bits per heavy atom. The molecular formula is C12H25N. The van der Waals surface area contributed by atoms with E-state index >= 15 is 0 Å². The largest absolute Gasteiger partial charge is 0.301 e. The van der Waals surface area contributed by atoms with Crippen LogP contribution in [0.1, 0.15) is 47.0 Å². The highest BCUT2D eigenvalue weighted by Crippen LogP contribution is 2.36. The average Bonchev–Trinajstić information content (AvgIpc) is 1.98. The average molecular weight is 183 g/mol. The summed E-state index contributed by atoms with van der Waals surface area (Å²) >= 11 is 0. The molecule has 0 heterocycles. The molecule has 0 aliphatic heterocycles. The first-order valence-electron chi connectivity index (χ1n) is 5.74. The SMILES string of the molecule is CC(C)CC1CCC1N(C)C(C)C. The molecular weight excluding hydrogens is 158 g/mol. The van der Waals surface area contributed by atoms with Crippen LogP contribution in [0.4, 0.5) is 0 Å². The highest BCUT2D eigenvalue weighted by molar-refractivity contribution is 4.89. The fourth-order valence-electron chi connectivity index (χ4n) is 2.35. The molecule has 0 aromatic heterocycles. The van der Waals surface area contributed by atoms with Gasteiger partial charge in [0, 0.05) is 12.1 Å². The van der Waals surface area contributed by atoms with Gasteiger partial charge in [-0.3, -0.25) is 0 Å². The van der Waals surface area contributed by atoms with Gasteiger partial charge < -0.3 is 4.90 Å². The summed E-state index contributed by atoms with van der Waals surface area (Å²) in [6, 6.07) is 1.59. The minimum Gasteiger partial charge on any atom is -0.301 e. The molecule has 1 aliphatic carbocycles. The van der Waals surface area contributed by atoms with Gasteiger partial charge in [-0.2, -0.15) is 0 Å². The van der Waals surface area contributed by atoms with Crippen molar-refractivity contribution < 1.29 is 0 Å². The smallest absolute Gasteiger partial charge is 0.0123 e. The van der Waals surface area contributed by atoms with Gasteiger partial charge in [-0.25, -0.2) is 0 Å². The van der Waals surface area contributed by atoms with Crippen LogP contribution >= 0.6 is 0 Å². The second-order valence-corrected chi connectivity index (χ2v) is 5.29. The molecule has 0 aromatic rings. The van der Waals surface area contributed by atoms with E-state index < -0.39 is 0 Å². The number of nitrogens with zero attached hydrogens (tertiary/aromatic N) is 1. The van der Waals surface area contributed by atoms with Gasteiger partial charge in [-0.05, 0) is 52.0 Å². The predicted octanol–water partition coefficient (Wildman–Crippen LogP) is 3.15. The third-order valence-corrected chi connectivity index (χ3v) is 3.49. The molecule has 2 unspecified atom stereocenters. The molecule has 13 heavy (non-hydrogen) atoms. The Balaban J connectivity index is 2.35. The Morgan fingerprint density at radius 2 is 1.77 bits per heavy atom.